The second-order valence-corrected chi connectivity index (χ2v) is 3.60. The van der Waals surface area contributed by atoms with Crippen LogP contribution in [0.15, 0.2) is 35.8 Å². The fourth-order valence-corrected chi connectivity index (χ4v) is 1.90. The average molecular weight is 178 g/mol. The molecule has 0 saturated heterocycles. The van der Waals surface area contributed by atoms with Gasteiger partial charge in [0.25, 0.3) is 0 Å². The highest BCUT2D eigenvalue weighted by Gasteiger charge is 2.09. The standard InChI is InChI=1S/C9H10N2S/c10-9(7-3-1-5-11-7)8-4-2-6-12-8/h1-6,9,11H,10H2/t9-/m0/s1. The molecule has 2 nitrogen and oxygen atoms in total. The van der Waals surface area contributed by atoms with Crippen LogP contribution in [0.4, 0.5) is 0 Å². The van der Waals surface area contributed by atoms with E-state index >= 15 is 0 Å². The van der Waals surface area contributed by atoms with Crippen LogP contribution < -0.4 is 5.73 Å². The topological polar surface area (TPSA) is 41.8 Å². The van der Waals surface area contributed by atoms with Crippen molar-refractivity contribution in [3.8, 4) is 0 Å². The molecule has 0 saturated carbocycles. The normalized spacial score (nSPS) is 13.1. The maximum absolute atomic E-state index is 5.98. The van der Waals surface area contributed by atoms with Crippen molar-refractivity contribution in [1.82, 2.24) is 4.98 Å². The summed E-state index contributed by atoms with van der Waals surface area (Å²) in [6.45, 7) is 0. The van der Waals surface area contributed by atoms with Crippen LogP contribution in [0.3, 0.4) is 0 Å². The highest BCUT2D eigenvalue weighted by Crippen LogP contribution is 2.21. The maximum atomic E-state index is 5.98. The van der Waals surface area contributed by atoms with E-state index in [1.807, 2.05) is 29.8 Å². The number of aromatic amines is 1. The van der Waals surface area contributed by atoms with Gasteiger partial charge in [-0.3, -0.25) is 0 Å². The first kappa shape index (κ1) is 7.58. The average Bonchev–Trinajstić information content (AvgIpc) is 2.77. The van der Waals surface area contributed by atoms with Crippen LogP contribution in [0.25, 0.3) is 0 Å². The summed E-state index contributed by atoms with van der Waals surface area (Å²) in [6.07, 6.45) is 1.89. The third-order valence-electron chi connectivity index (χ3n) is 1.81. The summed E-state index contributed by atoms with van der Waals surface area (Å²) in [5.41, 5.74) is 7.05. The van der Waals surface area contributed by atoms with Crippen LogP contribution in [-0.2, 0) is 0 Å². The van der Waals surface area contributed by atoms with Crippen molar-refractivity contribution in [2.75, 3.05) is 0 Å². The van der Waals surface area contributed by atoms with Gasteiger partial charge in [0.1, 0.15) is 0 Å². The lowest BCUT2D eigenvalue weighted by Crippen LogP contribution is -2.10. The lowest BCUT2D eigenvalue weighted by molar-refractivity contribution is 0.858. The molecule has 0 aliphatic heterocycles. The molecule has 0 radical (unpaired) electrons. The third kappa shape index (κ3) is 1.29. The molecule has 62 valence electrons. The Morgan fingerprint density at radius 1 is 1.33 bits per heavy atom. The molecule has 0 amide bonds. The van der Waals surface area contributed by atoms with Crippen molar-refractivity contribution in [2.24, 2.45) is 5.73 Å². The molecule has 2 rings (SSSR count). The highest BCUT2D eigenvalue weighted by molar-refractivity contribution is 7.10. The van der Waals surface area contributed by atoms with E-state index in [9.17, 15) is 0 Å². The third-order valence-corrected chi connectivity index (χ3v) is 2.76. The van der Waals surface area contributed by atoms with Crippen LogP contribution in [0, 0.1) is 0 Å². The minimum atomic E-state index is -0.000000000000000666. The lowest BCUT2D eigenvalue weighted by atomic mass is 10.2. The quantitative estimate of drug-likeness (QED) is 0.726. The van der Waals surface area contributed by atoms with Crippen molar-refractivity contribution in [1.29, 1.82) is 0 Å². The molecule has 0 spiro atoms. The first-order valence-electron chi connectivity index (χ1n) is 3.80. The van der Waals surface area contributed by atoms with Crippen molar-refractivity contribution in [2.45, 2.75) is 6.04 Å². The summed E-state index contributed by atoms with van der Waals surface area (Å²) in [5.74, 6) is 0. The first-order chi connectivity index (χ1) is 5.88. The Bertz CT molecular complexity index is 289. The Labute approximate surface area is 75.0 Å². The van der Waals surface area contributed by atoms with E-state index in [4.69, 9.17) is 5.73 Å². The van der Waals surface area contributed by atoms with Crippen molar-refractivity contribution in [3.63, 3.8) is 0 Å². The SMILES string of the molecule is N[C@@H](c1ccc[nH]1)c1cccs1. The Kier molecular flexibility index (Phi) is 1.98. The van der Waals surface area contributed by atoms with Crippen molar-refractivity contribution < 1.29 is 0 Å². The van der Waals surface area contributed by atoms with E-state index in [1.165, 1.54) is 4.88 Å². The Morgan fingerprint density at radius 3 is 2.83 bits per heavy atom. The molecule has 2 aromatic heterocycles. The van der Waals surface area contributed by atoms with Crippen molar-refractivity contribution in [3.05, 3.63) is 46.4 Å². The molecule has 0 fully saturated rings. The first-order valence-corrected chi connectivity index (χ1v) is 4.68. The molecule has 0 bridgehead atoms. The number of H-pyrrole nitrogens is 1. The monoisotopic (exact) mass is 178 g/mol. The van der Waals surface area contributed by atoms with Gasteiger partial charge in [0, 0.05) is 16.8 Å². The smallest absolute Gasteiger partial charge is 0.0797 e. The number of hydrogen-bond donors (Lipinski definition) is 2. The van der Waals surface area contributed by atoms with Crippen molar-refractivity contribution >= 4 is 11.3 Å². The second-order valence-electron chi connectivity index (χ2n) is 2.62. The van der Waals surface area contributed by atoms with E-state index in [1.54, 1.807) is 11.3 Å². The van der Waals surface area contributed by atoms with E-state index < -0.39 is 0 Å². The van der Waals surface area contributed by atoms with Gasteiger partial charge in [-0.25, -0.2) is 0 Å². The van der Waals surface area contributed by atoms with Gasteiger partial charge < -0.3 is 10.7 Å². The largest absolute Gasteiger partial charge is 0.363 e. The molecule has 2 heterocycles. The van der Waals surface area contributed by atoms with Gasteiger partial charge in [0.2, 0.25) is 0 Å². The number of nitrogens with one attached hydrogen (secondary N) is 1. The fourth-order valence-electron chi connectivity index (χ4n) is 1.16. The predicted octanol–water partition coefficient (Wildman–Crippen LogP) is 2.12. The van der Waals surface area contributed by atoms with E-state index in [-0.39, 0.29) is 6.04 Å². The van der Waals surface area contributed by atoms with Crippen LogP contribution in [-0.4, -0.2) is 4.98 Å². The van der Waals surface area contributed by atoms with Gasteiger partial charge >= 0.3 is 0 Å². The summed E-state index contributed by atoms with van der Waals surface area (Å²) in [4.78, 5) is 4.30. The molecule has 3 heteroatoms. The maximum Gasteiger partial charge on any atom is 0.0797 e. The minimum absolute atomic E-state index is 0.000000000000000666. The van der Waals surface area contributed by atoms with Crippen LogP contribution in [0.1, 0.15) is 16.6 Å². The zero-order chi connectivity index (χ0) is 8.39. The van der Waals surface area contributed by atoms with Gasteiger partial charge in [0.15, 0.2) is 0 Å². The molecule has 12 heavy (non-hydrogen) atoms. The molecule has 0 unspecified atom stereocenters. The van der Waals surface area contributed by atoms with E-state index in [2.05, 4.69) is 11.1 Å². The predicted molar refractivity (Wildman–Crippen MR) is 51.1 cm³/mol. The van der Waals surface area contributed by atoms with Crippen LogP contribution in [0.5, 0.6) is 0 Å². The number of aromatic nitrogens is 1. The molecule has 1 atom stereocenters. The number of hydrogen-bond acceptors (Lipinski definition) is 2. The van der Waals surface area contributed by atoms with E-state index in [0.717, 1.165) is 5.69 Å². The molecular weight excluding hydrogens is 168 g/mol. The molecular formula is C9H10N2S. The summed E-state index contributed by atoms with van der Waals surface area (Å²) >= 11 is 1.68. The molecule has 3 N–H and O–H groups in total. The van der Waals surface area contributed by atoms with E-state index in [0.29, 0.717) is 0 Å². The summed E-state index contributed by atoms with van der Waals surface area (Å²) < 4.78 is 0. The van der Waals surface area contributed by atoms with Gasteiger partial charge in [-0.1, -0.05) is 6.07 Å². The number of thiophene rings is 1. The van der Waals surface area contributed by atoms with Gasteiger partial charge in [-0.2, -0.15) is 0 Å². The van der Waals surface area contributed by atoms with Crippen LogP contribution in [0.2, 0.25) is 0 Å². The Hall–Kier alpha value is -1.06. The Balaban J connectivity index is 2.27. The second kappa shape index (κ2) is 3.13. The Morgan fingerprint density at radius 2 is 2.25 bits per heavy atom. The number of rotatable bonds is 2. The zero-order valence-corrected chi connectivity index (χ0v) is 7.34. The fraction of sp³-hybridized carbons (Fsp3) is 0.111. The van der Waals surface area contributed by atoms with Gasteiger partial charge in [0.05, 0.1) is 6.04 Å². The molecule has 0 aromatic carbocycles. The highest BCUT2D eigenvalue weighted by atomic mass is 32.1. The molecule has 0 aliphatic rings. The summed E-state index contributed by atoms with van der Waals surface area (Å²) in [5, 5.41) is 2.04. The van der Waals surface area contributed by atoms with Crippen LogP contribution >= 0.6 is 11.3 Å². The molecule has 0 aliphatic carbocycles. The lowest BCUT2D eigenvalue weighted by Gasteiger charge is -2.05. The van der Waals surface area contributed by atoms with Gasteiger partial charge in [-0.05, 0) is 23.6 Å². The van der Waals surface area contributed by atoms with Gasteiger partial charge in [-0.15, -0.1) is 11.3 Å². The summed E-state index contributed by atoms with van der Waals surface area (Å²) in [6, 6.07) is 8.03. The molecule has 2 aromatic rings. The summed E-state index contributed by atoms with van der Waals surface area (Å²) in [7, 11) is 0. The zero-order valence-electron chi connectivity index (χ0n) is 6.53. The number of nitrogens with two attached hydrogens (primary N) is 1. The minimum Gasteiger partial charge on any atom is -0.363 e.